The second-order valence-electron chi connectivity index (χ2n) is 4.67. The normalized spacial score (nSPS) is 17.3. The molecule has 1 aromatic heterocycles. The van der Waals surface area contributed by atoms with Gasteiger partial charge in [0.15, 0.2) is 11.6 Å². The van der Waals surface area contributed by atoms with Crippen LogP contribution < -0.4 is 4.74 Å². The van der Waals surface area contributed by atoms with Gasteiger partial charge in [-0.2, -0.15) is 0 Å². The lowest BCUT2D eigenvalue weighted by Crippen LogP contribution is -2.15. The molecule has 0 saturated carbocycles. The number of methoxy groups -OCH3 is 1. The van der Waals surface area contributed by atoms with Crippen molar-refractivity contribution in [2.24, 2.45) is 10.9 Å². The summed E-state index contributed by atoms with van der Waals surface area (Å²) >= 11 is 0. The second-order valence-corrected chi connectivity index (χ2v) is 4.67. The first-order chi connectivity index (χ1) is 9.22. The van der Waals surface area contributed by atoms with Crippen molar-refractivity contribution in [3.8, 4) is 5.75 Å². The van der Waals surface area contributed by atoms with Gasteiger partial charge < -0.3 is 4.74 Å². The van der Waals surface area contributed by atoms with E-state index in [1.54, 1.807) is 19.5 Å². The molecule has 1 aromatic rings. The van der Waals surface area contributed by atoms with Crippen LogP contribution in [-0.4, -0.2) is 29.3 Å². The van der Waals surface area contributed by atoms with Crippen LogP contribution in [0.25, 0.3) is 0 Å². The molecule has 0 aliphatic carbocycles. The lowest BCUT2D eigenvalue weighted by Gasteiger charge is -2.14. The van der Waals surface area contributed by atoms with E-state index in [0.717, 1.165) is 18.7 Å². The predicted octanol–water partition coefficient (Wildman–Crippen LogP) is 2.82. The van der Waals surface area contributed by atoms with E-state index in [1.165, 1.54) is 5.57 Å². The number of aromatic nitrogens is 2. The average Bonchev–Trinajstić information content (AvgIpc) is 2.38. The zero-order valence-electron chi connectivity index (χ0n) is 11.6. The van der Waals surface area contributed by atoms with Crippen molar-refractivity contribution in [2.75, 3.05) is 13.7 Å². The van der Waals surface area contributed by atoms with Crippen molar-refractivity contribution >= 4 is 5.71 Å². The lowest BCUT2D eigenvalue weighted by atomic mass is 9.96. The fraction of sp³-hybridized carbons (Fsp3) is 0.400. The molecule has 0 amide bonds. The van der Waals surface area contributed by atoms with Crippen LogP contribution >= 0.6 is 0 Å². The molecule has 0 fully saturated rings. The Labute approximate surface area is 114 Å². The molecule has 4 nitrogen and oxygen atoms in total. The quantitative estimate of drug-likeness (QED) is 0.836. The molecule has 0 spiro atoms. The predicted molar refractivity (Wildman–Crippen MR) is 76.7 cm³/mol. The number of ether oxygens (including phenoxy) is 1. The molecule has 1 aliphatic rings. The Balaban J connectivity index is 2.40. The van der Waals surface area contributed by atoms with Crippen LogP contribution in [0.5, 0.6) is 5.75 Å². The number of aliphatic imine (C=N–C) groups is 1. The maximum absolute atomic E-state index is 5.08. The Morgan fingerprint density at radius 2 is 1.95 bits per heavy atom. The third-order valence-electron chi connectivity index (χ3n) is 2.95. The Bertz CT molecular complexity index is 513. The molecule has 19 heavy (non-hydrogen) atoms. The van der Waals surface area contributed by atoms with Crippen molar-refractivity contribution in [1.29, 1.82) is 0 Å². The van der Waals surface area contributed by atoms with Crippen LogP contribution in [0, 0.1) is 5.92 Å². The summed E-state index contributed by atoms with van der Waals surface area (Å²) in [5.41, 5.74) is 2.06. The van der Waals surface area contributed by atoms with Gasteiger partial charge in [-0.3, -0.25) is 4.99 Å². The van der Waals surface area contributed by atoms with Crippen LogP contribution in [-0.2, 0) is 0 Å². The van der Waals surface area contributed by atoms with Gasteiger partial charge in [0.1, 0.15) is 5.71 Å². The molecular formula is C15H19N3O. The number of allylic oxidation sites excluding steroid dienone is 3. The van der Waals surface area contributed by atoms with Crippen LogP contribution in [0.2, 0.25) is 0 Å². The monoisotopic (exact) mass is 257 g/mol. The van der Waals surface area contributed by atoms with Gasteiger partial charge in [0.2, 0.25) is 0 Å². The van der Waals surface area contributed by atoms with Gasteiger partial charge >= 0.3 is 0 Å². The highest BCUT2D eigenvalue weighted by molar-refractivity contribution is 6.10. The highest BCUT2D eigenvalue weighted by atomic mass is 16.5. The molecule has 0 N–H and O–H groups in total. The highest BCUT2D eigenvalue weighted by Gasteiger charge is 2.16. The number of rotatable bonds is 3. The summed E-state index contributed by atoms with van der Waals surface area (Å²) in [5, 5.41) is 0. The van der Waals surface area contributed by atoms with Crippen LogP contribution in [0.3, 0.4) is 0 Å². The second kappa shape index (κ2) is 6.27. The molecule has 2 rings (SSSR count). The smallest absolute Gasteiger partial charge is 0.178 e. The fourth-order valence-corrected chi connectivity index (χ4v) is 1.90. The topological polar surface area (TPSA) is 47.4 Å². The Morgan fingerprint density at radius 1 is 1.21 bits per heavy atom. The summed E-state index contributed by atoms with van der Waals surface area (Å²) in [5.74, 6) is 1.70. The van der Waals surface area contributed by atoms with E-state index in [2.05, 4.69) is 47.0 Å². The molecule has 0 radical (unpaired) electrons. The fourth-order valence-electron chi connectivity index (χ4n) is 1.90. The minimum absolute atomic E-state index is 0.382. The van der Waals surface area contributed by atoms with E-state index in [-0.39, 0.29) is 0 Å². The number of hydrogen-bond acceptors (Lipinski definition) is 4. The molecule has 1 aliphatic heterocycles. The van der Waals surface area contributed by atoms with Gasteiger partial charge in [-0.15, -0.1) is 0 Å². The minimum atomic E-state index is 0.382. The average molecular weight is 257 g/mol. The summed E-state index contributed by atoms with van der Waals surface area (Å²) in [6.07, 6.45) is 10.6. The maximum atomic E-state index is 5.08. The molecule has 100 valence electrons. The number of hydrogen-bond donors (Lipinski definition) is 0. The van der Waals surface area contributed by atoms with Crippen LogP contribution in [0.4, 0.5) is 0 Å². The summed E-state index contributed by atoms with van der Waals surface area (Å²) in [7, 11) is 1.61. The first-order valence-electron chi connectivity index (χ1n) is 6.50. The van der Waals surface area contributed by atoms with E-state index in [9.17, 15) is 0 Å². The maximum Gasteiger partial charge on any atom is 0.178 e. The molecule has 0 atom stereocenters. The summed E-state index contributed by atoms with van der Waals surface area (Å²) < 4.78 is 5.08. The molecular weight excluding hydrogens is 238 g/mol. The van der Waals surface area contributed by atoms with Gasteiger partial charge in [-0.1, -0.05) is 32.1 Å². The lowest BCUT2D eigenvalue weighted by molar-refractivity contribution is 0.410. The molecule has 0 unspecified atom stereocenters. The molecule has 4 heteroatoms. The van der Waals surface area contributed by atoms with Gasteiger partial charge in [0.25, 0.3) is 0 Å². The summed E-state index contributed by atoms with van der Waals surface area (Å²) in [6.45, 7) is 5.08. The van der Waals surface area contributed by atoms with E-state index in [1.807, 2.05) is 0 Å². The molecule has 0 saturated heterocycles. The largest absolute Gasteiger partial charge is 0.494 e. The van der Waals surface area contributed by atoms with E-state index < -0.39 is 0 Å². The molecule has 0 aromatic carbocycles. The van der Waals surface area contributed by atoms with Crippen LogP contribution in [0.15, 0.2) is 41.2 Å². The van der Waals surface area contributed by atoms with Crippen LogP contribution in [0.1, 0.15) is 26.1 Å². The first-order valence-corrected chi connectivity index (χ1v) is 6.50. The van der Waals surface area contributed by atoms with E-state index in [0.29, 0.717) is 17.5 Å². The first kappa shape index (κ1) is 13.5. The Morgan fingerprint density at radius 3 is 2.58 bits per heavy atom. The third-order valence-corrected chi connectivity index (χ3v) is 2.95. The van der Waals surface area contributed by atoms with Crippen molar-refractivity contribution in [3.63, 3.8) is 0 Å². The SMILES string of the molecule is COc1cnc(C2=NCC/C=C/C=C2C(C)C)nc1. The van der Waals surface area contributed by atoms with E-state index in [4.69, 9.17) is 4.74 Å². The molecule has 2 heterocycles. The third kappa shape index (κ3) is 3.28. The van der Waals surface area contributed by atoms with Gasteiger partial charge in [-0.05, 0) is 17.9 Å². The standard InChI is InChI=1S/C15H19N3O/c1-11(2)13-7-5-4-6-8-16-14(13)15-17-9-12(19-3)10-18-15/h4-5,7,9-11H,6,8H2,1-3H3/b5-4+,13-7?,16-14?. The summed E-state index contributed by atoms with van der Waals surface area (Å²) in [6, 6.07) is 0. The van der Waals surface area contributed by atoms with Gasteiger partial charge in [0.05, 0.1) is 19.5 Å². The van der Waals surface area contributed by atoms with Gasteiger partial charge in [-0.25, -0.2) is 9.97 Å². The number of nitrogens with zero attached hydrogens (tertiary/aromatic N) is 3. The zero-order chi connectivity index (χ0) is 13.7. The minimum Gasteiger partial charge on any atom is -0.494 e. The van der Waals surface area contributed by atoms with Gasteiger partial charge in [0, 0.05) is 6.54 Å². The van der Waals surface area contributed by atoms with Crippen molar-refractivity contribution in [3.05, 3.63) is 42.0 Å². The Hall–Kier alpha value is -1.97. The molecule has 0 bridgehead atoms. The van der Waals surface area contributed by atoms with Crippen molar-refractivity contribution in [2.45, 2.75) is 20.3 Å². The highest BCUT2D eigenvalue weighted by Crippen LogP contribution is 2.18. The summed E-state index contributed by atoms with van der Waals surface area (Å²) in [4.78, 5) is 13.3. The zero-order valence-corrected chi connectivity index (χ0v) is 11.6. The van der Waals surface area contributed by atoms with Crippen molar-refractivity contribution in [1.82, 2.24) is 9.97 Å². The Kier molecular flexibility index (Phi) is 4.44. The van der Waals surface area contributed by atoms with E-state index >= 15 is 0 Å². The van der Waals surface area contributed by atoms with Crippen molar-refractivity contribution < 1.29 is 4.74 Å².